The highest BCUT2D eigenvalue weighted by molar-refractivity contribution is 5.78. The fourth-order valence-electron chi connectivity index (χ4n) is 2.38. The van der Waals surface area contributed by atoms with Gasteiger partial charge < -0.3 is 10.6 Å². The molecule has 1 amide bonds. The van der Waals surface area contributed by atoms with E-state index < -0.39 is 0 Å². The van der Waals surface area contributed by atoms with E-state index >= 15 is 0 Å². The molecule has 1 aliphatic heterocycles. The first-order chi connectivity index (χ1) is 9.56. The number of benzene rings is 1. The van der Waals surface area contributed by atoms with E-state index in [9.17, 15) is 9.18 Å². The molecule has 110 valence electrons. The minimum Gasteiger partial charge on any atom is -0.351 e. The molecule has 0 radical (unpaired) electrons. The molecule has 0 aliphatic carbocycles. The molecule has 1 aliphatic rings. The van der Waals surface area contributed by atoms with E-state index in [0.717, 1.165) is 25.2 Å². The Kier molecular flexibility index (Phi) is 5.09. The lowest BCUT2D eigenvalue weighted by Crippen LogP contribution is -2.52. The summed E-state index contributed by atoms with van der Waals surface area (Å²) in [6, 6.07) is 5.29. The molecule has 0 aromatic heterocycles. The maximum absolute atomic E-state index is 13.1. The third-order valence-electron chi connectivity index (χ3n) is 3.70. The fourth-order valence-corrected chi connectivity index (χ4v) is 2.38. The zero-order valence-electron chi connectivity index (χ0n) is 12.1. The Bertz CT molecular complexity index is 478. The summed E-state index contributed by atoms with van der Waals surface area (Å²) in [6.07, 6.45) is 0. The molecule has 1 heterocycles. The Balaban J connectivity index is 1.81. The zero-order valence-corrected chi connectivity index (χ0v) is 12.1. The van der Waals surface area contributed by atoms with Crippen LogP contribution >= 0.6 is 0 Å². The Morgan fingerprint density at radius 1 is 1.55 bits per heavy atom. The molecule has 0 unspecified atom stereocenters. The van der Waals surface area contributed by atoms with Crippen molar-refractivity contribution in [1.82, 2.24) is 15.5 Å². The van der Waals surface area contributed by atoms with Gasteiger partial charge in [-0.3, -0.25) is 9.69 Å². The third kappa shape index (κ3) is 4.02. The van der Waals surface area contributed by atoms with Gasteiger partial charge in [0.1, 0.15) is 5.82 Å². The van der Waals surface area contributed by atoms with E-state index in [1.54, 1.807) is 19.1 Å². The van der Waals surface area contributed by atoms with Crippen LogP contribution in [-0.4, -0.2) is 43.0 Å². The quantitative estimate of drug-likeness (QED) is 0.866. The summed E-state index contributed by atoms with van der Waals surface area (Å²) in [5, 5.41) is 6.19. The number of halogens is 1. The Morgan fingerprint density at radius 3 is 3.05 bits per heavy atom. The molecule has 1 saturated heterocycles. The van der Waals surface area contributed by atoms with Crippen molar-refractivity contribution in [2.24, 2.45) is 0 Å². The minimum absolute atomic E-state index is 0.0146. The van der Waals surface area contributed by atoms with Crippen molar-refractivity contribution in [3.63, 3.8) is 0 Å². The molecule has 1 fully saturated rings. The number of nitrogens with zero attached hydrogens (tertiary/aromatic N) is 1. The number of rotatable bonds is 4. The summed E-state index contributed by atoms with van der Waals surface area (Å²) >= 11 is 0. The van der Waals surface area contributed by atoms with Crippen LogP contribution in [0.4, 0.5) is 4.39 Å². The topological polar surface area (TPSA) is 44.4 Å². The van der Waals surface area contributed by atoms with Gasteiger partial charge in [0, 0.05) is 32.2 Å². The van der Waals surface area contributed by atoms with Gasteiger partial charge in [0.05, 0.1) is 6.54 Å². The molecular formula is C15H22FN3O. The molecule has 0 saturated carbocycles. The zero-order chi connectivity index (χ0) is 14.5. The predicted molar refractivity (Wildman–Crippen MR) is 76.9 cm³/mol. The van der Waals surface area contributed by atoms with Gasteiger partial charge in [-0.25, -0.2) is 4.39 Å². The van der Waals surface area contributed by atoms with Crippen LogP contribution in [0, 0.1) is 12.7 Å². The normalized spacial score (nSPS) is 19.9. The van der Waals surface area contributed by atoms with E-state index in [4.69, 9.17) is 0 Å². The molecule has 0 spiro atoms. The Morgan fingerprint density at radius 2 is 2.35 bits per heavy atom. The largest absolute Gasteiger partial charge is 0.351 e. The van der Waals surface area contributed by atoms with Crippen LogP contribution in [0.1, 0.15) is 18.1 Å². The van der Waals surface area contributed by atoms with E-state index in [0.29, 0.717) is 24.7 Å². The smallest absolute Gasteiger partial charge is 0.234 e. The summed E-state index contributed by atoms with van der Waals surface area (Å²) in [5.41, 5.74) is 1.53. The van der Waals surface area contributed by atoms with Gasteiger partial charge in [-0.15, -0.1) is 0 Å². The second-order valence-electron chi connectivity index (χ2n) is 5.38. The van der Waals surface area contributed by atoms with E-state index in [1.165, 1.54) is 6.07 Å². The number of amides is 1. The van der Waals surface area contributed by atoms with Gasteiger partial charge >= 0.3 is 0 Å². The summed E-state index contributed by atoms with van der Waals surface area (Å²) in [7, 11) is 0. The maximum atomic E-state index is 13.1. The van der Waals surface area contributed by atoms with Crippen molar-refractivity contribution in [3.8, 4) is 0 Å². The molecule has 1 atom stereocenters. The van der Waals surface area contributed by atoms with Crippen molar-refractivity contribution in [3.05, 3.63) is 35.1 Å². The average Bonchev–Trinajstić information content (AvgIpc) is 2.43. The number of hydrogen-bond acceptors (Lipinski definition) is 3. The van der Waals surface area contributed by atoms with Gasteiger partial charge in [0.25, 0.3) is 0 Å². The number of aryl methyl sites for hydroxylation is 1. The highest BCUT2D eigenvalue weighted by Gasteiger charge is 2.19. The van der Waals surface area contributed by atoms with E-state index in [1.807, 2.05) is 0 Å². The Labute approximate surface area is 119 Å². The van der Waals surface area contributed by atoms with Crippen LogP contribution in [0.25, 0.3) is 0 Å². The van der Waals surface area contributed by atoms with E-state index in [2.05, 4.69) is 22.5 Å². The monoisotopic (exact) mass is 279 g/mol. The third-order valence-corrected chi connectivity index (χ3v) is 3.70. The molecule has 1 aromatic rings. The number of carbonyl (C=O) groups excluding carboxylic acids is 1. The van der Waals surface area contributed by atoms with Crippen molar-refractivity contribution < 1.29 is 9.18 Å². The van der Waals surface area contributed by atoms with Crippen LogP contribution in [0.5, 0.6) is 0 Å². The van der Waals surface area contributed by atoms with Gasteiger partial charge in [-0.1, -0.05) is 12.1 Å². The second-order valence-corrected chi connectivity index (χ2v) is 5.38. The molecule has 2 rings (SSSR count). The van der Waals surface area contributed by atoms with Crippen molar-refractivity contribution in [2.75, 3.05) is 26.2 Å². The summed E-state index contributed by atoms with van der Waals surface area (Å²) < 4.78 is 13.1. The molecular weight excluding hydrogens is 257 g/mol. The lowest BCUT2D eigenvalue weighted by molar-refractivity contribution is -0.123. The first kappa shape index (κ1) is 14.9. The molecule has 0 bridgehead atoms. The Hall–Kier alpha value is -1.46. The fraction of sp³-hybridized carbons (Fsp3) is 0.533. The van der Waals surface area contributed by atoms with Gasteiger partial charge in [-0.05, 0) is 31.0 Å². The summed E-state index contributed by atoms with van der Waals surface area (Å²) in [5.74, 6) is -0.199. The first-order valence-electron chi connectivity index (χ1n) is 7.03. The number of piperazine rings is 1. The lowest BCUT2D eigenvalue weighted by atomic mass is 10.1. The standard InChI is InChI=1S/C15H22FN3O/c1-11-7-13(3-4-14(11)16)9-18-15(20)10-19-6-5-17-8-12(19)2/h3-4,7,12,17H,5-6,8-10H2,1-2H3,(H,18,20)/t12-/m1/s1. The summed E-state index contributed by atoms with van der Waals surface area (Å²) in [6.45, 7) is 7.44. The molecule has 2 N–H and O–H groups in total. The number of carbonyl (C=O) groups is 1. The highest BCUT2D eigenvalue weighted by atomic mass is 19.1. The first-order valence-corrected chi connectivity index (χ1v) is 7.03. The van der Waals surface area contributed by atoms with Gasteiger partial charge in [0.2, 0.25) is 5.91 Å². The predicted octanol–water partition coefficient (Wildman–Crippen LogP) is 1.04. The van der Waals surface area contributed by atoms with Gasteiger partial charge in [-0.2, -0.15) is 0 Å². The van der Waals surface area contributed by atoms with Crippen molar-refractivity contribution in [2.45, 2.75) is 26.4 Å². The maximum Gasteiger partial charge on any atom is 0.234 e. The number of nitrogens with one attached hydrogen (secondary N) is 2. The summed E-state index contributed by atoms with van der Waals surface area (Å²) in [4.78, 5) is 14.1. The van der Waals surface area contributed by atoms with Crippen molar-refractivity contribution in [1.29, 1.82) is 0 Å². The SMILES string of the molecule is Cc1cc(CNC(=O)CN2CCNC[C@H]2C)ccc1F. The highest BCUT2D eigenvalue weighted by Crippen LogP contribution is 2.09. The minimum atomic E-state index is -0.213. The lowest BCUT2D eigenvalue weighted by Gasteiger charge is -2.33. The van der Waals surface area contributed by atoms with Crippen molar-refractivity contribution >= 4 is 5.91 Å². The second kappa shape index (κ2) is 6.81. The van der Waals surface area contributed by atoms with Crippen LogP contribution in [0.2, 0.25) is 0 Å². The van der Waals surface area contributed by atoms with Crippen LogP contribution in [0.3, 0.4) is 0 Å². The number of hydrogen-bond donors (Lipinski definition) is 2. The van der Waals surface area contributed by atoms with Gasteiger partial charge in [0.15, 0.2) is 0 Å². The van der Waals surface area contributed by atoms with Crippen LogP contribution in [0.15, 0.2) is 18.2 Å². The molecule has 20 heavy (non-hydrogen) atoms. The van der Waals surface area contributed by atoms with E-state index in [-0.39, 0.29) is 11.7 Å². The average molecular weight is 279 g/mol. The molecule has 4 nitrogen and oxygen atoms in total. The molecule has 5 heteroatoms. The van der Waals surface area contributed by atoms with Crippen LogP contribution in [-0.2, 0) is 11.3 Å². The van der Waals surface area contributed by atoms with Crippen LogP contribution < -0.4 is 10.6 Å². The molecule has 1 aromatic carbocycles.